The van der Waals surface area contributed by atoms with Gasteiger partial charge < -0.3 is 25.8 Å². The number of rotatable bonds is 20. The summed E-state index contributed by atoms with van der Waals surface area (Å²) in [6, 6.07) is 0. The summed E-state index contributed by atoms with van der Waals surface area (Å²) in [6.07, 6.45) is 6.79. The van der Waals surface area contributed by atoms with E-state index in [0.29, 0.717) is 25.7 Å². The third kappa shape index (κ3) is 12.5. The fourth-order valence-electron chi connectivity index (χ4n) is 5.10. The Bertz CT molecular complexity index is 845. The molecular weight excluding hydrogens is 536 g/mol. The summed E-state index contributed by atoms with van der Waals surface area (Å²) in [7, 11) is 6.02. The minimum Gasteiger partial charge on any atom is -0.498 e. The van der Waals surface area contributed by atoms with Crippen LogP contribution in [0.25, 0.3) is 0 Å². The van der Waals surface area contributed by atoms with Crippen molar-refractivity contribution in [3.8, 4) is 0 Å². The van der Waals surface area contributed by atoms with Gasteiger partial charge in [0.25, 0.3) is 0 Å². The standard InChI is InChI=1S/C33H61BN3O3.K/c1-13-14-17-28(26(3)34)24-37-20-16-22-39-27(4)33(12,30(5,6)7)32(10,11)31(8,9)25(2)29(38)40-23-15-19-36-21-18-35;/h14,17,36-37H,4,13,15-16,18-24,35H2,1-3,5-12H3;/q-1;+1/b17-14-,28-26-;. The molecule has 8 heteroatoms. The number of nitrogens with two attached hydrogens (primary N) is 1. The van der Waals surface area contributed by atoms with Crippen LogP contribution in [-0.2, 0) is 14.3 Å². The minimum atomic E-state index is -0.493. The summed E-state index contributed by atoms with van der Waals surface area (Å²) in [4.78, 5) is 13.1. The van der Waals surface area contributed by atoms with Crippen LogP contribution in [0.1, 0.15) is 95.4 Å². The fraction of sp³-hybridized carbons (Fsp3) is 0.758. The summed E-state index contributed by atoms with van der Waals surface area (Å²) in [5, 5.41) is 6.69. The van der Waals surface area contributed by atoms with Crippen LogP contribution in [0.15, 0.2) is 35.5 Å². The van der Waals surface area contributed by atoms with E-state index in [4.69, 9.17) is 23.1 Å². The van der Waals surface area contributed by atoms with Crippen LogP contribution in [0.5, 0.6) is 0 Å². The van der Waals surface area contributed by atoms with Gasteiger partial charge in [-0.15, -0.1) is 10.9 Å². The van der Waals surface area contributed by atoms with E-state index in [1.54, 1.807) is 0 Å². The Labute approximate surface area is 297 Å². The van der Waals surface area contributed by atoms with Gasteiger partial charge in [-0.25, -0.2) is 0 Å². The van der Waals surface area contributed by atoms with E-state index in [1.807, 2.05) is 13.8 Å². The van der Waals surface area contributed by atoms with Crippen molar-refractivity contribution in [2.75, 3.05) is 45.9 Å². The van der Waals surface area contributed by atoms with Crippen LogP contribution in [0.3, 0.4) is 0 Å². The molecule has 6 nitrogen and oxygen atoms in total. The van der Waals surface area contributed by atoms with Crippen LogP contribution >= 0.6 is 0 Å². The quantitative estimate of drug-likeness (QED) is 0.0500. The van der Waals surface area contributed by atoms with Crippen molar-refractivity contribution in [3.05, 3.63) is 41.5 Å². The topological polar surface area (TPSA) is 85.6 Å². The van der Waals surface area contributed by atoms with Gasteiger partial charge in [0.05, 0.1) is 19.0 Å². The zero-order chi connectivity index (χ0) is 31.2. The van der Waals surface area contributed by atoms with Gasteiger partial charge in [0, 0.05) is 25.0 Å². The maximum atomic E-state index is 13.1. The monoisotopic (exact) mass is 597 g/mol. The molecule has 0 rings (SSSR count). The Morgan fingerprint density at radius 1 is 0.976 bits per heavy atom. The van der Waals surface area contributed by atoms with Crippen LogP contribution in [0.4, 0.5) is 0 Å². The molecule has 0 bridgehead atoms. The van der Waals surface area contributed by atoms with E-state index in [-0.39, 0.29) is 62.8 Å². The van der Waals surface area contributed by atoms with E-state index in [0.717, 1.165) is 62.2 Å². The molecular formula is C33H61BKN3O3. The molecule has 0 saturated heterocycles. The zero-order valence-corrected chi connectivity index (χ0v) is 31.9. The molecule has 0 aliphatic rings. The van der Waals surface area contributed by atoms with Crippen molar-refractivity contribution in [2.24, 2.45) is 27.4 Å². The average Bonchev–Trinajstić information content (AvgIpc) is 2.87. The molecule has 0 fully saturated rings. The first kappa shape index (κ1) is 43.1. The molecule has 1 unspecified atom stereocenters. The van der Waals surface area contributed by atoms with Gasteiger partial charge in [0.2, 0.25) is 0 Å². The van der Waals surface area contributed by atoms with Gasteiger partial charge in [-0.3, -0.25) is 10.7 Å². The summed E-state index contributed by atoms with van der Waals surface area (Å²) < 4.78 is 12.0. The van der Waals surface area contributed by atoms with Crippen molar-refractivity contribution in [1.29, 1.82) is 0 Å². The molecule has 0 aromatic carbocycles. The molecule has 1 atom stereocenters. The number of esters is 1. The van der Waals surface area contributed by atoms with E-state index >= 15 is 0 Å². The fourth-order valence-corrected chi connectivity index (χ4v) is 5.10. The Morgan fingerprint density at radius 3 is 2.00 bits per heavy atom. The first-order chi connectivity index (χ1) is 18.4. The van der Waals surface area contributed by atoms with Crippen LogP contribution < -0.4 is 67.8 Å². The molecule has 0 aliphatic carbocycles. The molecule has 2 radical (unpaired) electrons. The molecule has 0 aromatic heterocycles. The van der Waals surface area contributed by atoms with Crippen LogP contribution in [0, 0.1) is 27.6 Å². The molecule has 0 heterocycles. The molecule has 41 heavy (non-hydrogen) atoms. The van der Waals surface area contributed by atoms with E-state index in [1.165, 1.54) is 0 Å². The van der Waals surface area contributed by atoms with Gasteiger partial charge in [-0.2, -0.15) is 6.92 Å². The van der Waals surface area contributed by atoms with Crippen molar-refractivity contribution < 1.29 is 65.7 Å². The van der Waals surface area contributed by atoms with Gasteiger partial charge in [0.1, 0.15) is 7.85 Å². The van der Waals surface area contributed by atoms with Crippen molar-refractivity contribution >= 4 is 13.8 Å². The Kier molecular flexibility index (Phi) is 21.1. The molecule has 0 saturated carbocycles. The summed E-state index contributed by atoms with van der Waals surface area (Å²) in [5.74, 6) is 1.20. The normalized spacial score (nSPS) is 14.6. The summed E-state index contributed by atoms with van der Waals surface area (Å²) >= 11 is 0. The second kappa shape index (κ2) is 20.1. The molecule has 0 aliphatic heterocycles. The second-order valence-corrected chi connectivity index (χ2v) is 13.1. The third-order valence-corrected chi connectivity index (χ3v) is 9.32. The number of hydrogen-bond donors (Lipinski definition) is 3. The van der Waals surface area contributed by atoms with Crippen LogP contribution in [-0.4, -0.2) is 59.8 Å². The predicted molar refractivity (Wildman–Crippen MR) is 172 cm³/mol. The Balaban J connectivity index is 0. The van der Waals surface area contributed by atoms with Crippen molar-refractivity contribution in [1.82, 2.24) is 10.6 Å². The van der Waals surface area contributed by atoms with E-state index in [2.05, 4.69) is 91.7 Å². The molecule has 0 aromatic rings. The maximum Gasteiger partial charge on any atom is 1.00 e. The summed E-state index contributed by atoms with van der Waals surface area (Å²) in [6.45, 7) is 32.6. The van der Waals surface area contributed by atoms with Crippen molar-refractivity contribution in [2.45, 2.75) is 95.4 Å². The van der Waals surface area contributed by atoms with Crippen molar-refractivity contribution in [3.63, 3.8) is 0 Å². The number of hydrogen-bond acceptors (Lipinski definition) is 6. The maximum absolute atomic E-state index is 13.1. The van der Waals surface area contributed by atoms with Gasteiger partial charge in [0.15, 0.2) is 5.97 Å². The molecule has 230 valence electrons. The van der Waals surface area contributed by atoms with E-state index < -0.39 is 16.2 Å². The summed E-state index contributed by atoms with van der Waals surface area (Å²) in [5.41, 5.74) is 5.92. The van der Waals surface area contributed by atoms with Crippen LogP contribution in [0.2, 0.25) is 0 Å². The third-order valence-electron chi connectivity index (χ3n) is 9.32. The van der Waals surface area contributed by atoms with E-state index in [9.17, 15) is 4.79 Å². The first-order valence-electron chi connectivity index (χ1n) is 15.0. The predicted octanol–water partition coefficient (Wildman–Crippen LogP) is 3.09. The molecule has 0 spiro atoms. The Hall–Kier alpha value is -0.0587. The minimum absolute atomic E-state index is 0. The van der Waals surface area contributed by atoms with Gasteiger partial charge in [-0.1, -0.05) is 88.0 Å². The number of carbonyl (C=O) groups is 1. The number of nitrogens with one attached hydrogen (secondary N) is 2. The average molecular weight is 598 g/mol. The smallest absolute Gasteiger partial charge is 0.498 e. The molecule has 0 amide bonds. The Morgan fingerprint density at radius 2 is 1.51 bits per heavy atom. The zero-order valence-electron chi connectivity index (χ0n) is 28.8. The van der Waals surface area contributed by atoms with Gasteiger partial charge >= 0.3 is 51.4 Å². The van der Waals surface area contributed by atoms with Gasteiger partial charge in [-0.05, 0) is 48.8 Å². The second-order valence-electron chi connectivity index (χ2n) is 13.1. The first-order valence-corrected chi connectivity index (χ1v) is 15.0. The SMILES string of the molecule is [B]/C(C)=C(/C=C\CC)CNCCCOC(=C)C(C)(C(C)(C)C)C(C)(C)C(C)(C)[C-](C)C(=O)OCCCNCCN.[K+]. The number of allylic oxidation sites excluding steroid dienone is 3. The molecule has 4 N–H and O–H groups in total. The largest absolute Gasteiger partial charge is 1.00 e. The number of ether oxygens (including phenoxy) is 2. The number of carbonyl (C=O) groups excluding carboxylic acids is 1.